The molecule has 5 heteroatoms. The third-order valence-corrected chi connectivity index (χ3v) is 3.34. The summed E-state index contributed by atoms with van der Waals surface area (Å²) in [6.45, 7) is 4.05. The fraction of sp³-hybridized carbons (Fsp3) is 0.250. The van der Waals surface area contributed by atoms with Crippen LogP contribution in [0.15, 0.2) is 42.6 Å². The summed E-state index contributed by atoms with van der Waals surface area (Å²) in [6.07, 6.45) is 1.80. The van der Waals surface area contributed by atoms with Crippen molar-refractivity contribution < 1.29 is 4.74 Å². The number of ether oxygens (including phenoxy) is 1. The van der Waals surface area contributed by atoms with Crippen LogP contribution in [0.3, 0.4) is 0 Å². The Morgan fingerprint density at radius 2 is 1.90 bits per heavy atom. The summed E-state index contributed by atoms with van der Waals surface area (Å²) in [5, 5.41) is 6.86. The summed E-state index contributed by atoms with van der Waals surface area (Å²) in [6, 6.07) is 11.9. The van der Waals surface area contributed by atoms with E-state index in [-0.39, 0.29) is 6.04 Å². The maximum atomic E-state index is 5.31. The molecule has 1 aromatic carbocycles. The van der Waals surface area contributed by atoms with Crippen molar-refractivity contribution in [2.24, 2.45) is 0 Å². The molecule has 0 bridgehead atoms. The molecule has 21 heavy (non-hydrogen) atoms. The number of rotatable bonds is 4. The molecule has 1 aromatic heterocycles. The van der Waals surface area contributed by atoms with Gasteiger partial charge in [-0.3, -0.25) is 0 Å². The van der Waals surface area contributed by atoms with Crippen molar-refractivity contribution in [3.8, 4) is 5.75 Å². The van der Waals surface area contributed by atoms with Crippen LogP contribution < -0.4 is 15.4 Å². The third kappa shape index (κ3) is 4.43. The van der Waals surface area contributed by atoms with Crippen molar-refractivity contribution in [1.82, 2.24) is 10.3 Å². The third-order valence-electron chi connectivity index (χ3n) is 3.12. The number of nitrogens with one attached hydrogen (secondary N) is 2. The zero-order chi connectivity index (χ0) is 15.2. The number of thiocarbonyl (C=S) groups is 1. The summed E-state index contributed by atoms with van der Waals surface area (Å²) in [5.41, 5.74) is 2.25. The molecule has 0 fully saturated rings. The number of nitrogens with zero attached hydrogens (tertiary/aromatic N) is 1. The molecule has 0 aliphatic heterocycles. The number of pyridine rings is 1. The van der Waals surface area contributed by atoms with E-state index in [4.69, 9.17) is 17.0 Å². The largest absolute Gasteiger partial charge is 0.497 e. The molecule has 0 saturated carbocycles. The SMILES string of the molecule is COc1ccc([C@H](C)NC(=S)Nc2ccc(C)cn2)cc1. The molecule has 1 heterocycles. The van der Waals surface area contributed by atoms with Gasteiger partial charge in [0, 0.05) is 6.20 Å². The Balaban J connectivity index is 1.93. The van der Waals surface area contributed by atoms with E-state index >= 15 is 0 Å². The molecular formula is C16H19N3OS. The lowest BCUT2D eigenvalue weighted by Crippen LogP contribution is -2.31. The van der Waals surface area contributed by atoms with Crippen molar-refractivity contribution >= 4 is 23.1 Å². The second kappa shape index (κ2) is 7.04. The van der Waals surface area contributed by atoms with Crippen molar-refractivity contribution in [3.05, 3.63) is 53.7 Å². The normalized spacial score (nSPS) is 11.6. The summed E-state index contributed by atoms with van der Waals surface area (Å²) < 4.78 is 5.15. The smallest absolute Gasteiger partial charge is 0.172 e. The molecule has 1 atom stereocenters. The van der Waals surface area contributed by atoms with Crippen LogP contribution >= 0.6 is 12.2 Å². The van der Waals surface area contributed by atoms with Crippen molar-refractivity contribution in [3.63, 3.8) is 0 Å². The van der Waals surface area contributed by atoms with Gasteiger partial charge in [-0.1, -0.05) is 18.2 Å². The molecule has 0 radical (unpaired) electrons. The minimum absolute atomic E-state index is 0.0985. The van der Waals surface area contributed by atoms with Crippen LogP contribution in [0.25, 0.3) is 0 Å². The van der Waals surface area contributed by atoms with E-state index in [2.05, 4.69) is 22.5 Å². The van der Waals surface area contributed by atoms with Gasteiger partial charge >= 0.3 is 0 Å². The predicted octanol–water partition coefficient (Wildman–Crippen LogP) is 3.45. The van der Waals surface area contributed by atoms with E-state index in [1.165, 1.54) is 0 Å². The highest BCUT2D eigenvalue weighted by Crippen LogP contribution is 2.17. The fourth-order valence-corrected chi connectivity index (χ4v) is 2.15. The van der Waals surface area contributed by atoms with Crippen molar-refractivity contribution in [2.75, 3.05) is 12.4 Å². The fourth-order valence-electron chi connectivity index (χ4n) is 1.87. The molecule has 0 unspecified atom stereocenters. The van der Waals surface area contributed by atoms with Gasteiger partial charge in [-0.05, 0) is 55.4 Å². The number of anilines is 1. The quantitative estimate of drug-likeness (QED) is 0.847. The highest BCUT2D eigenvalue weighted by Gasteiger charge is 2.07. The van der Waals surface area contributed by atoms with Gasteiger partial charge in [-0.2, -0.15) is 0 Å². The van der Waals surface area contributed by atoms with E-state index in [0.29, 0.717) is 5.11 Å². The molecule has 0 aliphatic carbocycles. The Hall–Kier alpha value is -2.14. The first-order chi connectivity index (χ1) is 10.1. The van der Waals surface area contributed by atoms with Gasteiger partial charge in [0.15, 0.2) is 5.11 Å². The standard InChI is InChI=1S/C16H19N3OS/c1-11-4-9-15(17-10-11)19-16(21)18-12(2)13-5-7-14(20-3)8-6-13/h4-10,12H,1-3H3,(H2,17,18,19,21)/t12-/m0/s1. The minimum Gasteiger partial charge on any atom is -0.497 e. The first-order valence-electron chi connectivity index (χ1n) is 6.72. The molecular weight excluding hydrogens is 282 g/mol. The number of aromatic nitrogens is 1. The maximum absolute atomic E-state index is 5.31. The zero-order valence-corrected chi connectivity index (χ0v) is 13.2. The molecule has 2 N–H and O–H groups in total. The van der Waals surface area contributed by atoms with Crippen LogP contribution in [0.2, 0.25) is 0 Å². The van der Waals surface area contributed by atoms with E-state index in [9.17, 15) is 0 Å². The Kier molecular flexibility index (Phi) is 5.11. The lowest BCUT2D eigenvalue weighted by atomic mass is 10.1. The number of aryl methyl sites for hydroxylation is 1. The van der Waals surface area contributed by atoms with Gasteiger partial charge in [0.2, 0.25) is 0 Å². The molecule has 2 rings (SSSR count). The molecule has 4 nitrogen and oxygen atoms in total. The first kappa shape index (κ1) is 15.3. The first-order valence-corrected chi connectivity index (χ1v) is 7.13. The molecule has 0 aliphatic rings. The van der Waals surface area contributed by atoms with E-state index < -0.39 is 0 Å². The van der Waals surface area contributed by atoms with Crippen LogP contribution in [0, 0.1) is 6.92 Å². The molecule has 0 amide bonds. The van der Waals surface area contributed by atoms with E-state index in [0.717, 1.165) is 22.7 Å². The summed E-state index contributed by atoms with van der Waals surface area (Å²) in [7, 11) is 1.66. The second-order valence-electron chi connectivity index (χ2n) is 4.81. The van der Waals surface area contributed by atoms with Crippen LogP contribution in [0.4, 0.5) is 5.82 Å². The summed E-state index contributed by atoms with van der Waals surface area (Å²) in [5.74, 6) is 1.58. The number of benzene rings is 1. The lowest BCUT2D eigenvalue weighted by molar-refractivity contribution is 0.414. The Bertz CT molecular complexity index is 596. The molecule has 0 spiro atoms. The van der Waals surface area contributed by atoms with Crippen molar-refractivity contribution in [1.29, 1.82) is 0 Å². The monoisotopic (exact) mass is 301 g/mol. The summed E-state index contributed by atoms with van der Waals surface area (Å²) in [4.78, 5) is 4.27. The Morgan fingerprint density at radius 3 is 2.48 bits per heavy atom. The molecule has 0 saturated heterocycles. The average molecular weight is 301 g/mol. The predicted molar refractivity (Wildman–Crippen MR) is 89.7 cm³/mol. The maximum Gasteiger partial charge on any atom is 0.172 e. The Morgan fingerprint density at radius 1 is 1.19 bits per heavy atom. The van der Waals surface area contributed by atoms with Gasteiger partial charge < -0.3 is 15.4 Å². The molecule has 110 valence electrons. The van der Waals surface area contributed by atoms with E-state index in [1.54, 1.807) is 13.3 Å². The van der Waals surface area contributed by atoms with Crippen LogP contribution in [0.1, 0.15) is 24.1 Å². The lowest BCUT2D eigenvalue weighted by Gasteiger charge is -2.17. The van der Waals surface area contributed by atoms with Crippen molar-refractivity contribution in [2.45, 2.75) is 19.9 Å². The van der Waals surface area contributed by atoms with Crippen LogP contribution in [-0.4, -0.2) is 17.2 Å². The zero-order valence-electron chi connectivity index (χ0n) is 12.4. The minimum atomic E-state index is 0.0985. The summed E-state index contributed by atoms with van der Waals surface area (Å²) >= 11 is 5.31. The Labute approximate surface area is 130 Å². The highest BCUT2D eigenvalue weighted by atomic mass is 32.1. The van der Waals surface area contributed by atoms with Gasteiger partial charge in [0.1, 0.15) is 11.6 Å². The van der Waals surface area contributed by atoms with Gasteiger partial charge in [-0.15, -0.1) is 0 Å². The van der Waals surface area contributed by atoms with Gasteiger partial charge in [-0.25, -0.2) is 4.98 Å². The highest BCUT2D eigenvalue weighted by molar-refractivity contribution is 7.80. The van der Waals surface area contributed by atoms with E-state index in [1.807, 2.05) is 43.3 Å². The average Bonchev–Trinajstić information content (AvgIpc) is 2.49. The van der Waals surface area contributed by atoms with Crippen LogP contribution in [0.5, 0.6) is 5.75 Å². The second-order valence-corrected chi connectivity index (χ2v) is 5.22. The number of hydrogen-bond donors (Lipinski definition) is 2. The topological polar surface area (TPSA) is 46.2 Å². The molecule has 2 aromatic rings. The van der Waals surface area contributed by atoms with Gasteiger partial charge in [0.05, 0.1) is 13.2 Å². The number of methoxy groups -OCH3 is 1. The number of hydrogen-bond acceptors (Lipinski definition) is 3. The van der Waals surface area contributed by atoms with Crippen LogP contribution in [-0.2, 0) is 0 Å². The van der Waals surface area contributed by atoms with Gasteiger partial charge in [0.25, 0.3) is 0 Å².